The summed E-state index contributed by atoms with van der Waals surface area (Å²) >= 11 is 0. The molecular formula is C19H23ClN4O. The van der Waals surface area contributed by atoms with Gasteiger partial charge in [0.25, 0.3) is 0 Å². The fourth-order valence-corrected chi connectivity index (χ4v) is 2.74. The van der Waals surface area contributed by atoms with Crippen LogP contribution in [0, 0.1) is 0 Å². The first kappa shape index (κ1) is 19.0. The molecule has 0 unspecified atom stereocenters. The first-order valence-electron chi connectivity index (χ1n) is 8.20. The molecule has 1 aromatic heterocycles. The number of nitrogens with zero attached hydrogens (tertiary/aromatic N) is 2. The van der Waals surface area contributed by atoms with Gasteiger partial charge in [-0.1, -0.05) is 30.3 Å². The summed E-state index contributed by atoms with van der Waals surface area (Å²) < 4.78 is 2.12. The van der Waals surface area contributed by atoms with Gasteiger partial charge < -0.3 is 11.1 Å². The highest BCUT2D eigenvalue weighted by Crippen LogP contribution is 2.22. The molecule has 0 bridgehead atoms. The minimum absolute atomic E-state index is 0. The molecule has 0 spiro atoms. The second-order valence-electron chi connectivity index (χ2n) is 5.89. The van der Waals surface area contributed by atoms with Crippen molar-refractivity contribution in [3.63, 3.8) is 0 Å². The van der Waals surface area contributed by atoms with Crippen LogP contribution in [0.2, 0.25) is 0 Å². The summed E-state index contributed by atoms with van der Waals surface area (Å²) in [6.45, 7) is 2.34. The molecule has 3 N–H and O–H groups in total. The standard InChI is InChI=1S/C19H22N4O.ClH/c1-14(13-20)21-19(24)12-11-18-22-16-9-5-6-10-17(16)23(18)15-7-3-2-4-8-15;/h2-10,14H,11-13,20H2,1H3,(H,21,24);1H/t14-;/m0./s1. The fraction of sp³-hybridized carbons (Fsp3) is 0.263. The topological polar surface area (TPSA) is 72.9 Å². The maximum absolute atomic E-state index is 12.0. The van der Waals surface area contributed by atoms with Crippen LogP contribution in [0.25, 0.3) is 16.7 Å². The Balaban J connectivity index is 0.00000225. The molecule has 6 heteroatoms. The second kappa shape index (κ2) is 8.65. The SMILES string of the molecule is C[C@@H](CN)NC(=O)CCc1nc2ccccc2n1-c1ccccc1.Cl. The third-order valence-corrected chi connectivity index (χ3v) is 3.98. The van der Waals surface area contributed by atoms with Crippen LogP contribution in [0.4, 0.5) is 0 Å². The number of carbonyl (C=O) groups excluding carboxylic acids is 1. The van der Waals surface area contributed by atoms with E-state index in [1.807, 2.05) is 55.5 Å². The van der Waals surface area contributed by atoms with Crippen LogP contribution in [0.3, 0.4) is 0 Å². The predicted octanol–water partition coefficient (Wildman–Crippen LogP) is 2.84. The Kier molecular flexibility index (Phi) is 6.56. The lowest BCUT2D eigenvalue weighted by Gasteiger charge is -2.12. The van der Waals surface area contributed by atoms with E-state index in [4.69, 9.17) is 10.7 Å². The van der Waals surface area contributed by atoms with Crippen LogP contribution < -0.4 is 11.1 Å². The van der Waals surface area contributed by atoms with Gasteiger partial charge in [-0.15, -0.1) is 12.4 Å². The van der Waals surface area contributed by atoms with Crippen LogP contribution in [0.1, 0.15) is 19.2 Å². The molecule has 1 heterocycles. The Morgan fingerprint density at radius 3 is 2.56 bits per heavy atom. The molecule has 0 saturated carbocycles. The van der Waals surface area contributed by atoms with E-state index < -0.39 is 0 Å². The summed E-state index contributed by atoms with van der Waals surface area (Å²) in [5.41, 5.74) is 8.59. The molecule has 3 aromatic rings. The van der Waals surface area contributed by atoms with Gasteiger partial charge in [0, 0.05) is 31.1 Å². The van der Waals surface area contributed by atoms with Crippen molar-refractivity contribution < 1.29 is 4.79 Å². The molecular weight excluding hydrogens is 336 g/mol. The lowest BCUT2D eigenvalue weighted by atomic mass is 10.2. The van der Waals surface area contributed by atoms with Crippen molar-refractivity contribution in [2.45, 2.75) is 25.8 Å². The molecule has 0 radical (unpaired) electrons. The van der Waals surface area contributed by atoms with Crippen molar-refractivity contribution in [1.29, 1.82) is 0 Å². The van der Waals surface area contributed by atoms with Crippen molar-refractivity contribution in [3.8, 4) is 5.69 Å². The van der Waals surface area contributed by atoms with E-state index in [9.17, 15) is 4.79 Å². The number of hydrogen-bond donors (Lipinski definition) is 2. The van der Waals surface area contributed by atoms with Crippen molar-refractivity contribution in [2.75, 3.05) is 6.54 Å². The number of imidazole rings is 1. The summed E-state index contributed by atoms with van der Waals surface area (Å²) in [6.07, 6.45) is 0.965. The van der Waals surface area contributed by atoms with Crippen LogP contribution in [-0.4, -0.2) is 28.0 Å². The van der Waals surface area contributed by atoms with Gasteiger partial charge in [-0.05, 0) is 31.2 Å². The average molecular weight is 359 g/mol. The van der Waals surface area contributed by atoms with Gasteiger partial charge in [0.2, 0.25) is 5.91 Å². The summed E-state index contributed by atoms with van der Waals surface area (Å²) in [5.74, 6) is 0.887. The minimum atomic E-state index is -0.00885. The lowest BCUT2D eigenvalue weighted by molar-refractivity contribution is -0.121. The molecule has 132 valence electrons. The Bertz CT molecular complexity index is 832. The van der Waals surface area contributed by atoms with Gasteiger partial charge in [-0.2, -0.15) is 0 Å². The third-order valence-electron chi connectivity index (χ3n) is 3.98. The van der Waals surface area contributed by atoms with E-state index in [2.05, 4.69) is 16.0 Å². The number of hydrogen-bond acceptors (Lipinski definition) is 3. The molecule has 2 aromatic carbocycles. The van der Waals surface area contributed by atoms with Gasteiger partial charge in [-0.25, -0.2) is 4.98 Å². The highest BCUT2D eigenvalue weighted by atomic mass is 35.5. The summed E-state index contributed by atoms with van der Waals surface area (Å²) in [7, 11) is 0. The van der Waals surface area contributed by atoms with Crippen molar-refractivity contribution >= 4 is 29.3 Å². The Labute approximate surface area is 153 Å². The van der Waals surface area contributed by atoms with E-state index >= 15 is 0 Å². The van der Waals surface area contributed by atoms with E-state index in [0.29, 0.717) is 19.4 Å². The van der Waals surface area contributed by atoms with E-state index in [0.717, 1.165) is 22.5 Å². The molecule has 5 nitrogen and oxygen atoms in total. The quantitative estimate of drug-likeness (QED) is 0.711. The lowest BCUT2D eigenvalue weighted by Crippen LogP contribution is -2.37. The predicted molar refractivity (Wildman–Crippen MR) is 103 cm³/mol. The molecule has 1 amide bonds. The monoisotopic (exact) mass is 358 g/mol. The number of fused-ring (bicyclic) bond motifs is 1. The van der Waals surface area contributed by atoms with E-state index in [1.165, 1.54) is 0 Å². The largest absolute Gasteiger partial charge is 0.352 e. The van der Waals surface area contributed by atoms with Crippen LogP contribution in [0.5, 0.6) is 0 Å². The van der Waals surface area contributed by atoms with Crippen LogP contribution >= 0.6 is 12.4 Å². The highest BCUT2D eigenvalue weighted by Gasteiger charge is 2.14. The number of amides is 1. The molecule has 1 atom stereocenters. The Hall–Kier alpha value is -2.37. The van der Waals surface area contributed by atoms with Crippen molar-refractivity contribution in [1.82, 2.24) is 14.9 Å². The first-order chi connectivity index (χ1) is 11.7. The average Bonchev–Trinajstić information content (AvgIpc) is 2.99. The maximum Gasteiger partial charge on any atom is 0.220 e. The number of rotatable bonds is 6. The second-order valence-corrected chi connectivity index (χ2v) is 5.89. The molecule has 25 heavy (non-hydrogen) atoms. The number of aromatic nitrogens is 2. The van der Waals surface area contributed by atoms with Gasteiger partial charge >= 0.3 is 0 Å². The number of carbonyl (C=O) groups is 1. The van der Waals surface area contributed by atoms with E-state index in [-0.39, 0.29) is 24.4 Å². The Morgan fingerprint density at radius 2 is 1.84 bits per heavy atom. The zero-order chi connectivity index (χ0) is 16.9. The molecule has 0 saturated heterocycles. The maximum atomic E-state index is 12.0. The highest BCUT2D eigenvalue weighted by molar-refractivity contribution is 5.85. The number of nitrogens with one attached hydrogen (secondary N) is 1. The fourth-order valence-electron chi connectivity index (χ4n) is 2.74. The number of aryl methyl sites for hydroxylation is 1. The summed E-state index contributed by atoms with van der Waals surface area (Å²) in [5, 5.41) is 2.89. The minimum Gasteiger partial charge on any atom is -0.352 e. The normalized spacial score (nSPS) is 11.8. The smallest absolute Gasteiger partial charge is 0.220 e. The molecule has 0 aliphatic heterocycles. The number of nitrogens with two attached hydrogens (primary N) is 1. The number of benzene rings is 2. The molecule has 0 aliphatic rings. The van der Waals surface area contributed by atoms with Gasteiger partial charge in [0.15, 0.2) is 0 Å². The summed E-state index contributed by atoms with van der Waals surface area (Å²) in [6, 6.07) is 18.1. The molecule has 0 aliphatic carbocycles. The summed E-state index contributed by atoms with van der Waals surface area (Å²) in [4.78, 5) is 16.8. The van der Waals surface area contributed by atoms with Gasteiger partial charge in [0.1, 0.15) is 5.82 Å². The van der Waals surface area contributed by atoms with Crippen LogP contribution in [0.15, 0.2) is 54.6 Å². The zero-order valence-corrected chi connectivity index (χ0v) is 15.0. The Morgan fingerprint density at radius 1 is 1.16 bits per heavy atom. The first-order valence-corrected chi connectivity index (χ1v) is 8.20. The zero-order valence-electron chi connectivity index (χ0n) is 14.2. The third kappa shape index (κ3) is 4.38. The van der Waals surface area contributed by atoms with Gasteiger partial charge in [-0.3, -0.25) is 9.36 Å². The van der Waals surface area contributed by atoms with Gasteiger partial charge in [0.05, 0.1) is 11.0 Å². The van der Waals surface area contributed by atoms with E-state index in [1.54, 1.807) is 0 Å². The van der Waals surface area contributed by atoms with Crippen LogP contribution in [-0.2, 0) is 11.2 Å². The molecule has 0 fully saturated rings. The molecule has 3 rings (SSSR count). The van der Waals surface area contributed by atoms with Crippen molar-refractivity contribution in [3.05, 3.63) is 60.4 Å². The van der Waals surface area contributed by atoms with Crippen molar-refractivity contribution in [2.24, 2.45) is 5.73 Å². The number of para-hydroxylation sites is 3. The number of halogens is 1.